The number of hydrogen-bond acceptors (Lipinski definition) is 2. The molecule has 1 aromatic carbocycles. The minimum absolute atomic E-state index is 0.0511. The van der Waals surface area contributed by atoms with Crippen molar-refractivity contribution in [2.45, 2.75) is 25.8 Å². The summed E-state index contributed by atoms with van der Waals surface area (Å²) >= 11 is 0. The molecule has 2 amide bonds. The Balaban J connectivity index is 1.48. The quantitative estimate of drug-likeness (QED) is 0.943. The standard InChI is InChI=1S/C17H22N4O/c22-17(20-11-5-2-6-12-20)18-10-14-21-13-9-16(19-21)15-7-3-1-4-8-15/h1,3-4,7-9,13H,2,5-6,10-12,14H2,(H,18,22). The number of likely N-dealkylation sites (tertiary alicyclic amines) is 1. The fourth-order valence-corrected chi connectivity index (χ4v) is 2.74. The van der Waals surface area contributed by atoms with Gasteiger partial charge in [0.25, 0.3) is 0 Å². The van der Waals surface area contributed by atoms with E-state index in [0.29, 0.717) is 13.1 Å². The van der Waals surface area contributed by atoms with Crippen LogP contribution in [-0.4, -0.2) is 40.3 Å². The summed E-state index contributed by atoms with van der Waals surface area (Å²) in [5.74, 6) is 0. The first-order valence-corrected chi connectivity index (χ1v) is 7.94. The van der Waals surface area contributed by atoms with Crippen molar-refractivity contribution in [3.63, 3.8) is 0 Å². The van der Waals surface area contributed by atoms with Crippen LogP contribution in [0, 0.1) is 0 Å². The maximum atomic E-state index is 12.0. The SMILES string of the molecule is O=C(NCCn1ccc(-c2ccccc2)n1)N1CCCCC1. The van der Waals surface area contributed by atoms with E-state index in [4.69, 9.17) is 0 Å². The monoisotopic (exact) mass is 298 g/mol. The van der Waals surface area contributed by atoms with Gasteiger partial charge in [0.1, 0.15) is 0 Å². The summed E-state index contributed by atoms with van der Waals surface area (Å²) in [6.45, 7) is 3.05. The van der Waals surface area contributed by atoms with Crippen molar-refractivity contribution in [3.8, 4) is 11.3 Å². The van der Waals surface area contributed by atoms with Crippen LogP contribution >= 0.6 is 0 Å². The highest BCUT2D eigenvalue weighted by Crippen LogP contribution is 2.15. The molecule has 1 N–H and O–H groups in total. The lowest BCUT2D eigenvalue weighted by atomic mass is 10.1. The number of benzene rings is 1. The van der Waals surface area contributed by atoms with Crippen LogP contribution in [0.4, 0.5) is 4.79 Å². The smallest absolute Gasteiger partial charge is 0.317 e. The van der Waals surface area contributed by atoms with Crippen molar-refractivity contribution in [2.75, 3.05) is 19.6 Å². The number of piperidine rings is 1. The number of amides is 2. The van der Waals surface area contributed by atoms with Crippen LogP contribution in [0.2, 0.25) is 0 Å². The van der Waals surface area contributed by atoms with Crippen molar-refractivity contribution in [3.05, 3.63) is 42.6 Å². The zero-order valence-electron chi connectivity index (χ0n) is 12.7. The Morgan fingerprint density at radius 3 is 2.64 bits per heavy atom. The Morgan fingerprint density at radius 1 is 1.09 bits per heavy atom. The molecule has 1 saturated heterocycles. The summed E-state index contributed by atoms with van der Waals surface area (Å²) in [4.78, 5) is 13.9. The van der Waals surface area contributed by atoms with E-state index in [2.05, 4.69) is 10.4 Å². The van der Waals surface area contributed by atoms with Crippen molar-refractivity contribution < 1.29 is 4.79 Å². The Kier molecular flexibility index (Phi) is 4.73. The normalized spacial score (nSPS) is 14.8. The van der Waals surface area contributed by atoms with E-state index in [-0.39, 0.29) is 6.03 Å². The van der Waals surface area contributed by atoms with Crippen molar-refractivity contribution >= 4 is 6.03 Å². The number of carbonyl (C=O) groups excluding carboxylic acids is 1. The summed E-state index contributed by atoms with van der Waals surface area (Å²) in [7, 11) is 0. The third-order valence-corrected chi connectivity index (χ3v) is 3.97. The van der Waals surface area contributed by atoms with Crippen molar-refractivity contribution in [1.82, 2.24) is 20.0 Å². The topological polar surface area (TPSA) is 50.2 Å². The van der Waals surface area contributed by atoms with Crippen LogP contribution in [0.15, 0.2) is 42.6 Å². The number of rotatable bonds is 4. The molecule has 1 aliphatic rings. The third-order valence-electron chi connectivity index (χ3n) is 3.97. The van der Waals surface area contributed by atoms with E-state index < -0.39 is 0 Å². The third kappa shape index (κ3) is 3.67. The molecule has 2 heterocycles. The predicted molar refractivity (Wildman–Crippen MR) is 86.5 cm³/mol. The highest BCUT2D eigenvalue weighted by Gasteiger charge is 2.15. The van der Waals surface area contributed by atoms with Gasteiger partial charge in [0.2, 0.25) is 0 Å². The fraction of sp³-hybridized carbons (Fsp3) is 0.412. The highest BCUT2D eigenvalue weighted by molar-refractivity contribution is 5.74. The first kappa shape index (κ1) is 14.6. The van der Waals surface area contributed by atoms with Gasteiger partial charge >= 0.3 is 6.03 Å². The number of nitrogens with one attached hydrogen (secondary N) is 1. The molecule has 5 nitrogen and oxygen atoms in total. The van der Waals surface area contributed by atoms with Crippen LogP contribution < -0.4 is 5.32 Å². The molecule has 0 saturated carbocycles. The predicted octanol–water partition coefficient (Wildman–Crippen LogP) is 2.75. The molecule has 0 unspecified atom stereocenters. The second kappa shape index (κ2) is 7.11. The maximum absolute atomic E-state index is 12.0. The number of carbonyl (C=O) groups is 1. The first-order valence-electron chi connectivity index (χ1n) is 7.94. The summed E-state index contributed by atoms with van der Waals surface area (Å²) in [5.41, 5.74) is 2.07. The van der Waals surface area contributed by atoms with E-state index in [0.717, 1.165) is 37.2 Å². The largest absolute Gasteiger partial charge is 0.336 e. The Bertz CT molecular complexity index is 602. The van der Waals surface area contributed by atoms with Gasteiger partial charge in [-0.05, 0) is 25.3 Å². The summed E-state index contributed by atoms with van der Waals surface area (Å²) < 4.78 is 1.87. The molecular weight excluding hydrogens is 276 g/mol. The van der Waals surface area contributed by atoms with Gasteiger partial charge in [0.15, 0.2) is 0 Å². The number of nitrogens with zero attached hydrogens (tertiary/aromatic N) is 3. The van der Waals surface area contributed by atoms with E-state index in [1.807, 2.05) is 52.2 Å². The molecular formula is C17H22N4O. The minimum Gasteiger partial charge on any atom is -0.336 e. The van der Waals surface area contributed by atoms with Gasteiger partial charge in [0.05, 0.1) is 12.2 Å². The zero-order valence-corrected chi connectivity index (χ0v) is 12.7. The molecule has 5 heteroatoms. The van der Waals surface area contributed by atoms with Gasteiger partial charge in [-0.15, -0.1) is 0 Å². The summed E-state index contributed by atoms with van der Waals surface area (Å²) in [6.07, 6.45) is 5.43. The molecule has 1 fully saturated rings. The molecule has 0 aliphatic carbocycles. The summed E-state index contributed by atoms with van der Waals surface area (Å²) in [6, 6.07) is 12.2. The maximum Gasteiger partial charge on any atom is 0.317 e. The number of urea groups is 1. The van der Waals surface area contributed by atoms with E-state index in [9.17, 15) is 4.79 Å². The van der Waals surface area contributed by atoms with Gasteiger partial charge in [-0.1, -0.05) is 30.3 Å². The molecule has 0 spiro atoms. The molecule has 116 valence electrons. The first-order chi connectivity index (χ1) is 10.8. The molecule has 1 aromatic heterocycles. The molecule has 22 heavy (non-hydrogen) atoms. The fourth-order valence-electron chi connectivity index (χ4n) is 2.74. The van der Waals surface area contributed by atoms with E-state index in [1.54, 1.807) is 0 Å². The highest BCUT2D eigenvalue weighted by atomic mass is 16.2. The van der Waals surface area contributed by atoms with E-state index >= 15 is 0 Å². The Morgan fingerprint density at radius 2 is 1.86 bits per heavy atom. The molecule has 0 radical (unpaired) electrons. The van der Waals surface area contributed by atoms with Crippen molar-refractivity contribution in [1.29, 1.82) is 0 Å². The van der Waals surface area contributed by atoms with Crippen LogP contribution in [0.25, 0.3) is 11.3 Å². The molecule has 3 rings (SSSR count). The van der Waals surface area contributed by atoms with Crippen LogP contribution in [0.1, 0.15) is 19.3 Å². The van der Waals surface area contributed by atoms with Gasteiger partial charge in [-0.2, -0.15) is 5.10 Å². The molecule has 0 bridgehead atoms. The second-order valence-electron chi connectivity index (χ2n) is 5.61. The van der Waals surface area contributed by atoms with Crippen LogP contribution in [-0.2, 0) is 6.54 Å². The van der Waals surface area contributed by atoms with E-state index in [1.165, 1.54) is 6.42 Å². The Hall–Kier alpha value is -2.30. The van der Waals surface area contributed by atoms with Gasteiger partial charge in [-0.25, -0.2) is 4.79 Å². The lowest BCUT2D eigenvalue weighted by Gasteiger charge is -2.26. The lowest BCUT2D eigenvalue weighted by Crippen LogP contribution is -2.43. The van der Waals surface area contributed by atoms with Gasteiger partial charge in [0, 0.05) is 31.4 Å². The molecule has 2 aromatic rings. The van der Waals surface area contributed by atoms with Crippen LogP contribution in [0.5, 0.6) is 0 Å². The molecule has 1 aliphatic heterocycles. The second-order valence-corrected chi connectivity index (χ2v) is 5.61. The lowest BCUT2D eigenvalue weighted by molar-refractivity contribution is 0.186. The average Bonchev–Trinajstić information content (AvgIpc) is 3.05. The van der Waals surface area contributed by atoms with Crippen molar-refractivity contribution in [2.24, 2.45) is 0 Å². The molecule has 0 atom stereocenters. The van der Waals surface area contributed by atoms with Gasteiger partial charge in [-0.3, -0.25) is 4.68 Å². The van der Waals surface area contributed by atoms with Gasteiger partial charge < -0.3 is 10.2 Å². The Labute approximate surface area is 130 Å². The summed E-state index contributed by atoms with van der Waals surface area (Å²) in [5, 5.41) is 7.52. The number of hydrogen-bond donors (Lipinski definition) is 1. The number of aromatic nitrogens is 2. The zero-order chi connectivity index (χ0) is 15.2. The minimum atomic E-state index is 0.0511. The average molecular weight is 298 g/mol. The van der Waals surface area contributed by atoms with Crippen LogP contribution in [0.3, 0.4) is 0 Å².